The Balaban J connectivity index is 1.59. The number of nitrogens with zero attached hydrogens (tertiary/aromatic N) is 4. The van der Waals surface area contributed by atoms with Gasteiger partial charge in [0.1, 0.15) is 11.4 Å². The van der Waals surface area contributed by atoms with Crippen LogP contribution >= 0.6 is 11.3 Å². The predicted molar refractivity (Wildman–Crippen MR) is 149 cm³/mol. The van der Waals surface area contributed by atoms with E-state index in [0.29, 0.717) is 27.6 Å². The molecule has 198 valence electrons. The summed E-state index contributed by atoms with van der Waals surface area (Å²) in [5, 5.41) is 21.5. The van der Waals surface area contributed by atoms with Gasteiger partial charge in [0.25, 0.3) is 11.6 Å². The second kappa shape index (κ2) is 10.5. The minimum absolute atomic E-state index is 0.00678. The van der Waals surface area contributed by atoms with Crippen molar-refractivity contribution in [2.75, 3.05) is 11.9 Å². The molecule has 1 aliphatic heterocycles. The number of aromatic nitrogens is 1. The normalized spacial score (nSPS) is 18.0. The Labute approximate surface area is 225 Å². The minimum atomic E-state index is -0.424. The molecule has 38 heavy (non-hydrogen) atoms. The predicted octanol–water partition coefficient (Wildman–Crippen LogP) is 6.52. The van der Waals surface area contributed by atoms with Crippen LogP contribution < -0.4 is 14.9 Å². The lowest BCUT2D eigenvalue weighted by molar-refractivity contribution is -0.384. The molecule has 1 N–H and O–H groups in total. The fourth-order valence-corrected chi connectivity index (χ4v) is 5.84. The Hall–Kier alpha value is -3.79. The Morgan fingerprint density at radius 2 is 1.97 bits per heavy atom. The topological polar surface area (TPSA) is 111 Å². The number of carbonyl (C=O) groups is 1. The molecule has 10 heteroatoms. The summed E-state index contributed by atoms with van der Waals surface area (Å²) in [6, 6.07) is 12.1. The first-order valence-corrected chi connectivity index (χ1v) is 13.8. The van der Waals surface area contributed by atoms with Gasteiger partial charge >= 0.3 is 0 Å². The van der Waals surface area contributed by atoms with E-state index in [1.54, 1.807) is 22.9 Å². The number of hydrogen-bond acceptors (Lipinski definition) is 7. The molecule has 0 unspecified atom stereocenters. The van der Waals surface area contributed by atoms with Crippen molar-refractivity contribution in [3.63, 3.8) is 0 Å². The third kappa shape index (κ3) is 5.26. The quantitative estimate of drug-likeness (QED) is 0.287. The minimum Gasteiger partial charge on any atom is -0.482 e. The second-order valence-electron chi connectivity index (χ2n) is 10.4. The van der Waals surface area contributed by atoms with E-state index in [9.17, 15) is 14.9 Å². The monoisotopic (exact) mass is 533 g/mol. The highest BCUT2D eigenvalue weighted by atomic mass is 32.1. The van der Waals surface area contributed by atoms with Crippen molar-refractivity contribution in [2.45, 2.75) is 52.9 Å². The van der Waals surface area contributed by atoms with Crippen LogP contribution in [0.4, 0.5) is 17.1 Å². The van der Waals surface area contributed by atoms with Crippen LogP contribution in [0.15, 0.2) is 57.9 Å². The number of para-hydroxylation sites is 2. The third-order valence-electron chi connectivity index (χ3n) is 7.71. The smallest absolute Gasteiger partial charge is 0.294 e. The maximum atomic E-state index is 11.9. The largest absolute Gasteiger partial charge is 0.482 e. The van der Waals surface area contributed by atoms with Gasteiger partial charge in [0.15, 0.2) is 6.61 Å². The van der Waals surface area contributed by atoms with Gasteiger partial charge in [-0.25, -0.2) is 9.67 Å². The van der Waals surface area contributed by atoms with Crippen molar-refractivity contribution in [3.8, 4) is 17.0 Å². The van der Waals surface area contributed by atoms with E-state index >= 15 is 0 Å². The van der Waals surface area contributed by atoms with Gasteiger partial charge in [-0.15, -0.1) is 11.3 Å². The number of carbonyl (C=O) groups excluding carboxylic acids is 1. The van der Waals surface area contributed by atoms with E-state index in [2.05, 4.69) is 31.1 Å². The zero-order valence-electron chi connectivity index (χ0n) is 21.8. The molecule has 0 saturated heterocycles. The van der Waals surface area contributed by atoms with Gasteiger partial charge in [-0.1, -0.05) is 39.3 Å². The van der Waals surface area contributed by atoms with Gasteiger partial charge in [-0.3, -0.25) is 14.9 Å². The first-order chi connectivity index (χ1) is 18.2. The molecule has 1 aliphatic carbocycles. The number of rotatable bonds is 6. The van der Waals surface area contributed by atoms with E-state index in [4.69, 9.17) is 9.84 Å². The SMILES string of the molecule is CCC(C)(C)C1CCC(=Nn2c(-c3ccc4c(c3)NC(=O)CO4)csc2=Nc2ccccc2[N+](=O)[O-])CC1. The molecule has 0 bridgehead atoms. The molecule has 2 aliphatic rings. The van der Waals surface area contributed by atoms with E-state index in [-0.39, 0.29) is 23.9 Å². The maximum absolute atomic E-state index is 11.9. The van der Waals surface area contributed by atoms with Crippen molar-refractivity contribution >= 4 is 40.0 Å². The van der Waals surface area contributed by atoms with Crippen LogP contribution in [0.25, 0.3) is 11.3 Å². The number of anilines is 1. The van der Waals surface area contributed by atoms with Crippen LogP contribution in [0, 0.1) is 21.4 Å². The molecule has 3 aromatic rings. The molecule has 5 rings (SSSR count). The van der Waals surface area contributed by atoms with Crippen molar-refractivity contribution in [1.29, 1.82) is 0 Å². The van der Waals surface area contributed by atoms with Gasteiger partial charge in [0.2, 0.25) is 4.80 Å². The number of thiazole rings is 1. The average Bonchev–Trinajstić information content (AvgIpc) is 3.30. The van der Waals surface area contributed by atoms with E-state index < -0.39 is 4.92 Å². The highest BCUT2D eigenvalue weighted by molar-refractivity contribution is 7.07. The lowest BCUT2D eigenvalue weighted by atomic mass is 9.69. The summed E-state index contributed by atoms with van der Waals surface area (Å²) in [5.41, 5.74) is 3.83. The molecule has 1 saturated carbocycles. The number of fused-ring (bicyclic) bond motifs is 1. The van der Waals surface area contributed by atoms with Gasteiger partial charge in [-0.2, -0.15) is 5.10 Å². The first kappa shape index (κ1) is 25.8. The zero-order chi connectivity index (χ0) is 26.9. The highest BCUT2D eigenvalue weighted by Gasteiger charge is 2.30. The molecule has 9 nitrogen and oxygen atoms in total. The molecule has 0 atom stereocenters. The second-order valence-corrected chi connectivity index (χ2v) is 11.2. The van der Waals surface area contributed by atoms with Gasteiger partial charge in [0.05, 0.1) is 16.3 Å². The Bertz CT molecular complexity index is 1480. The van der Waals surface area contributed by atoms with Crippen molar-refractivity contribution in [3.05, 3.63) is 62.8 Å². The number of hydrogen-bond donors (Lipinski definition) is 1. The summed E-state index contributed by atoms with van der Waals surface area (Å²) in [6.45, 7) is 6.93. The van der Waals surface area contributed by atoms with Crippen LogP contribution in [0.2, 0.25) is 0 Å². The fourth-order valence-electron chi connectivity index (χ4n) is 4.99. The van der Waals surface area contributed by atoms with Gasteiger partial charge in [-0.05, 0) is 61.3 Å². The van der Waals surface area contributed by atoms with Crippen LogP contribution in [0.3, 0.4) is 0 Å². The van der Waals surface area contributed by atoms with Crippen LogP contribution in [0.1, 0.15) is 52.9 Å². The van der Waals surface area contributed by atoms with Gasteiger partial charge < -0.3 is 10.1 Å². The highest BCUT2D eigenvalue weighted by Crippen LogP contribution is 2.40. The summed E-state index contributed by atoms with van der Waals surface area (Å²) >= 11 is 1.37. The van der Waals surface area contributed by atoms with Crippen molar-refractivity contribution in [1.82, 2.24) is 4.68 Å². The summed E-state index contributed by atoms with van der Waals surface area (Å²) in [4.78, 5) is 28.3. The number of nitrogens with one attached hydrogen (secondary N) is 1. The summed E-state index contributed by atoms with van der Waals surface area (Å²) in [5.74, 6) is 1.06. The molecular formula is C28H31N5O4S. The number of nitro benzene ring substituents is 1. The standard InChI is InChI=1S/C28H31N5O4S/c1-4-28(2,3)19-10-12-20(13-11-19)31-32-24(18-9-14-25-22(15-18)29-26(34)16-37-25)17-38-27(32)30-21-7-5-6-8-23(21)33(35)36/h5-9,14-15,17,19H,4,10-13,16H2,1-3H3,(H,29,34). The lowest BCUT2D eigenvalue weighted by Gasteiger charge is -2.36. The number of benzene rings is 2. The molecule has 2 aromatic carbocycles. The average molecular weight is 534 g/mol. The van der Waals surface area contributed by atoms with E-state index in [0.717, 1.165) is 49.1 Å². The first-order valence-electron chi connectivity index (χ1n) is 12.9. The van der Waals surface area contributed by atoms with Crippen LogP contribution in [-0.2, 0) is 4.79 Å². The number of amides is 1. The maximum Gasteiger partial charge on any atom is 0.294 e. The molecular weight excluding hydrogens is 502 g/mol. The molecule has 2 heterocycles. The molecule has 0 spiro atoms. The number of ether oxygens (including phenoxy) is 1. The Morgan fingerprint density at radius 3 is 2.71 bits per heavy atom. The summed E-state index contributed by atoms with van der Waals surface area (Å²) in [7, 11) is 0. The lowest BCUT2D eigenvalue weighted by Crippen LogP contribution is -2.28. The zero-order valence-corrected chi connectivity index (χ0v) is 22.6. The summed E-state index contributed by atoms with van der Waals surface area (Å²) in [6.07, 6.45) is 5.10. The Kier molecular flexibility index (Phi) is 7.16. The Morgan fingerprint density at radius 1 is 1.21 bits per heavy atom. The molecule has 1 aromatic heterocycles. The summed E-state index contributed by atoms with van der Waals surface area (Å²) < 4.78 is 7.31. The molecule has 0 radical (unpaired) electrons. The van der Waals surface area contributed by atoms with Gasteiger partial charge in [0, 0.05) is 22.7 Å². The van der Waals surface area contributed by atoms with E-state index in [1.807, 2.05) is 23.6 Å². The third-order valence-corrected chi connectivity index (χ3v) is 8.52. The molecule has 1 amide bonds. The van der Waals surface area contributed by atoms with Crippen molar-refractivity contribution in [2.24, 2.45) is 21.4 Å². The van der Waals surface area contributed by atoms with Crippen LogP contribution in [0.5, 0.6) is 5.75 Å². The van der Waals surface area contributed by atoms with Crippen molar-refractivity contribution < 1.29 is 14.5 Å². The molecule has 1 fully saturated rings. The van der Waals surface area contributed by atoms with Crippen LogP contribution in [-0.4, -0.2) is 27.8 Å². The number of nitro groups is 1. The fraction of sp³-hybridized carbons (Fsp3) is 0.393. The van der Waals surface area contributed by atoms with E-state index in [1.165, 1.54) is 17.4 Å².